The van der Waals surface area contributed by atoms with Gasteiger partial charge in [-0.05, 0) is 5.92 Å². The Bertz CT molecular complexity index is 114. The van der Waals surface area contributed by atoms with E-state index in [2.05, 4.69) is 25.7 Å². The molecule has 0 fully saturated rings. The molecule has 0 aromatic heterocycles. The van der Waals surface area contributed by atoms with Crippen molar-refractivity contribution in [3.63, 3.8) is 0 Å². The van der Waals surface area contributed by atoms with Crippen LogP contribution in [0.15, 0.2) is 0 Å². The standard InChI is InChI=1S/C7H10/c1-6-4-3-5-7(6)2/h6-7H,4H2,1-2H3/t6?,7-/m0/s1. The van der Waals surface area contributed by atoms with Gasteiger partial charge in [0, 0.05) is 12.3 Å². The Hall–Kier alpha value is -0.440. The van der Waals surface area contributed by atoms with Gasteiger partial charge in [-0.25, -0.2) is 0 Å². The maximum absolute atomic E-state index is 3.12. The molecule has 1 aliphatic rings. The minimum Gasteiger partial charge on any atom is -0.103 e. The SMILES string of the molecule is CC1CC#C[C@@H]1C. The van der Waals surface area contributed by atoms with Gasteiger partial charge < -0.3 is 0 Å². The Morgan fingerprint density at radius 2 is 2.14 bits per heavy atom. The highest BCUT2D eigenvalue weighted by molar-refractivity contribution is 5.11. The minimum atomic E-state index is 0.653. The second-order valence-electron chi connectivity index (χ2n) is 2.29. The van der Waals surface area contributed by atoms with E-state index in [4.69, 9.17) is 0 Å². The van der Waals surface area contributed by atoms with E-state index in [0.717, 1.165) is 12.3 Å². The van der Waals surface area contributed by atoms with Crippen molar-refractivity contribution in [1.82, 2.24) is 0 Å². The van der Waals surface area contributed by atoms with Crippen molar-refractivity contribution in [2.75, 3.05) is 0 Å². The van der Waals surface area contributed by atoms with Crippen molar-refractivity contribution in [2.24, 2.45) is 11.8 Å². The lowest BCUT2D eigenvalue weighted by molar-refractivity contribution is 0.506. The fourth-order valence-electron chi connectivity index (χ4n) is 0.700. The molecule has 0 spiro atoms. The Labute approximate surface area is 44.9 Å². The molecule has 38 valence electrons. The maximum Gasteiger partial charge on any atom is 0.0209 e. The van der Waals surface area contributed by atoms with E-state index in [9.17, 15) is 0 Å². The van der Waals surface area contributed by atoms with Crippen molar-refractivity contribution in [3.8, 4) is 11.8 Å². The quantitative estimate of drug-likeness (QED) is 0.400. The van der Waals surface area contributed by atoms with Crippen LogP contribution in [0.25, 0.3) is 0 Å². The van der Waals surface area contributed by atoms with Gasteiger partial charge in [-0.3, -0.25) is 0 Å². The highest BCUT2D eigenvalue weighted by Crippen LogP contribution is 2.17. The number of hydrogen-bond donors (Lipinski definition) is 0. The van der Waals surface area contributed by atoms with E-state index >= 15 is 0 Å². The molecule has 0 saturated carbocycles. The summed E-state index contributed by atoms with van der Waals surface area (Å²) in [7, 11) is 0. The summed E-state index contributed by atoms with van der Waals surface area (Å²) in [5.41, 5.74) is 0. The fourth-order valence-corrected chi connectivity index (χ4v) is 0.700. The molecule has 0 amide bonds. The summed E-state index contributed by atoms with van der Waals surface area (Å²) in [6, 6.07) is 0. The largest absolute Gasteiger partial charge is 0.103 e. The summed E-state index contributed by atoms with van der Waals surface area (Å²) in [4.78, 5) is 0. The maximum atomic E-state index is 3.12. The van der Waals surface area contributed by atoms with Gasteiger partial charge in [0.05, 0.1) is 0 Å². The molecule has 0 heteroatoms. The average molecular weight is 94.2 g/mol. The molecule has 0 aromatic carbocycles. The van der Waals surface area contributed by atoms with Gasteiger partial charge in [-0.1, -0.05) is 19.8 Å². The summed E-state index contributed by atoms with van der Waals surface area (Å²) < 4.78 is 0. The second kappa shape index (κ2) is 1.58. The Morgan fingerprint density at radius 3 is 2.29 bits per heavy atom. The summed E-state index contributed by atoms with van der Waals surface area (Å²) >= 11 is 0. The molecule has 0 heterocycles. The van der Waals surface area contributed by atoms with Crippen molar-refractivity contribution >= 4 is 0 Å². The third-order valence-corrected chi connectivity index (χ3v) is 1.61. The molecule has 0 nitrogen and oxygen atoms in total. The fraction of sp³-hybridized carbons (Fsp3) is 0.714. The molecule has 0 bridgehead atoms. The summed E-state index contributed by atoms with van der Waals surface area (Å²) in [6.45, 7) is 4.42. The molecule has 0 aliphatic heterocycles. The van der Waals surface area contributed by atoms with Crippen LogP contribution in [0, 0.1) is 23.7 Å². The Balaban J connectivity index is 2.50. The van der Waals surface area contributed by atoms with Crippen molar-refractivity contribution in [1.29, 1.82) is 0 Å². The molecule has 7 heavy (non-hydrogen) atoms. The van der Waals surface area contributed by atoms with Crippen molar-refractivity contribution < 1.29 is 0 Å². The van der Waals surface area contributed by atoms with Gasteiger partial charge in [0.2, 0.25) is 0 Å². The zero-order chi connectivity index (χ0) is 5.28. The van der Waals surface area contributed by atoms with Crippen LogP contribution in [-0.4, -0.2) is 0 Å². The topological polar surface area (TPSA) is 0 Å². The predicted octanol–water partition coefficient (Wildman–Crippen LogP) is 1.67. The highest BCUT2D eigenvalue weighted by atomic mass is 14.1. The van der Waals surface area contributed by atoms with Crippen LogP contribution >= 0.6 is 0 Å². The van der Waals surface area contributed by atoms with Gasteiger partial charge in [-0.2, -0.15) is 0 Å². The zero-order valence-corrected chi connectivity index (χ0v) is 4.86. The van der Waals surface area contributed by atoms with Gasteiger partial charge in [0.1, 0.15) is 0 Å². The molecule has 2 atom stereocenters. The lowest BCUT2D eigenvalue weighted by Gasteiger charge is -2.03. The minimum absolute atomic E-state index is 0.653. The average Bonchev–Trinajstić information content (AvgIpc) is 1.91. The molecular formula is C7H10. The molecular weight excluding hydrogens is 84.1 g/mol. The van der Waals surface area contributed by atoms with Crippen molar-refractivity contribution in [2.45, 2.75) is 20.3 Å². The third-order valence-electron chi connectivity index (χ3n) is 1.61. The third kappa shape index (κ3) is 0.771. The first-order chi connectivity index (χ1) is 3.30. The number of rotatable bonds is 0. The van der Waals surface area contributed by atoms with Crippen molar-refractivity contribution in [3.05, 3.63) is 0 Å². The van der Waals surface area contributed by atoms with Crippen LogP contribution < -0.4 is 0 Å². The molecule has 1 rings (SSSR count). The lowest BCUT2D eigenvalue weighted by atomic mass is 10.00. The molecule has 1 unspecified atom stereocenters. The van der Waals surface area contributed by atoms with Crippen LogP contribution in [0.5, 0.6) is 0 Å². The van der Waals surface area contributed by atoms with Gasteiger partial charge in [-0.15, -0.1) is 5.92 Å². The molecule has 0 saturated heterocycles. The zero-order valence-electron chi connectivity index (χ0n) is 4.86. The van der Waals surface area contributed by atoms with Gasteiger partial charge >= 0.3 is 0 Å². The molecule has 1 aliphatic carbocycles. The first-order valence-corrected chi connectivity index (χ1v) is 2.79. The number of hydrogen-bond acceptors (Lipinski definition) is 0. The van der Waals surface area contributed by atoms with E-state index in [0.29, 0.717) is 5.92 Å². The first kappa shape index (κ1) is 4.71. The van der Waals surface area contributed by atoms with Crippen LogP contribution in [0.4, 0.5) is 0 Å². The van der Waals surface area contributed by atoms with Crippen LogP contribution in [0.3, 0.4) is 0 Å². The predicted molar refractivity (Wildman–Crippen MR) is 30.7 cm³/mol. The summed E-state index contributed by atoms with van der Waals surface area (Å²) in [5, 5.41) is 0. The van der Waals surface area contributed by atoms with E-state index in [-0.39, 0.29) is 0 Å². The monoisotopic (exact) mass is 94.1 g/mol. The Morgan fingerprint density at radius 1 is 1.43 bits per heavy atom. The normalized spacial score (nSPS) is 37.4. The molecule has 0 N–H and O–H groups in total. The smallest absolute Gasteiger partial charge is 0.0209 e. The molecule has 0 radical (unpaired) electrons. The lowest BCUT2D eigenvalue weighted by Crippen LogP contribution is -1.97. The van der Waals surface area contributed by atoms with E-state index in [1.165, 1.54) is 0 Å². The second-order valence-corrected chi connectivity index (χ2v) is 2.29. The van der Waals surface area contributed by atoms with Crippen LogP contribution in [0.1, 0.15) is 20.3 Å². The van der Waals surface area contributed by atoms with Crippen LogP contribution in [0.2, 0.25) is 0 Å². The highest BCUT2D eigenvalue weighted by Gasteiger charge is 2.11. The summed E-state index contributed by atoms with van der Waals surface area (Å²) in [5.74, 6) is 7.64. The van der Waals surface area contributed by atoms with E-state index in [1.54, 1.807) is 0 Å². The summed E-state index contributed by atoms with van der Waals surface area (Å²) in [6.07, 6.45) is 1.11. The van der Waals surface area contributed by atoms with Gasteiger partial charge in [0.15, 0.2) is 0 Å². The molecule has 0 aromatic rings. The van der Waals surface area contributed by atoms with E-state index in [1.807, 2.05) is 0 Å². The van der Waals surface area contributed by atoms with E-state index < -0.39 is 0 Å². The van der Waals surface area contributed by atoms with Gasteiger partial charge in [0.25, 0.3) is 0 Å². The first-order valence-electron chi connectivity index (χ1n) is 2.79. The Kier molecular flexibility index (Phi) is 1.06. The van der Waals surface area contributed by atoms with Crippen LogP contribution in [-0.2, 0) is 0 Å².